The van der Waals surface area contributed by atoms with E-state index in [0.29, 0.717) is 18.6 Å². The van der Waals surface area contributed by atoms with E-state index in [1.807, 2.05) is 0 Å². The summed E-state index contributed by atoms with van der Waals surface area (Å²) in [7, 11) is 0. The van der Waals surface area contributed by atoms with E-state index < -0.39 is 17.5 Å². The number of aryl methyl sites for hydroxylation is 1. The van der Waals surface area contributed by atoms with Gasteiger partial charge in [-0.05, 0) is 32.7 Å². The van der Waals surface area contributed by atoms with Crippen molar-refractivity contribution in [1.29, 1.82) is 0 Å². The summed E-state index contributed by atoms with van der Waals surface area (Å²) in [4.78, 5) is 40.4. The third-order valence-corrected chi connectivity index (χ3v) is 4.69. The number of piperidine rings is 1. The number of urea groups is 1. The minimum atomic E-state index is -0.869. The van der Waals surface area contributed by atoms with E-state index in [0.717, 1.165) is 31.0 Å². The molecule has 0 saturated carbocycles. The van der Waals surface area contributed by atoms with Crippen molar-refractivity contribution in [2.75, 3.05) is 31.5 Å². The molecule has 3 rings (SSSR count). The van der Waals surface area contributed by atoms with Crippen LogP contribution >= 0.6 is 0 Å². The molecule has 25 heavy (non-hydrogen) atoms. The fourth-order valence-electron chi connectivity index (χ4n) is 3.38. The molecule has 0 unspecified atom stereocenters. The first-order valence-electron chi connectivity index (χ1n) is 8.53. The lowest BCUT2D eigenvalue weighted by Gasteiger charge is -2.37. The van der Waals surface area contributed by atoms with E-state index in [4.69, 9.17) is 4.52 Å². The van der Waals surface area contributed by atoms with Gasteiger partial charge in [0, 0.05) is 19.2 Å². The molecule has 2 aliphatic heterocycles. The average molecular weight is 349 g/mol. The number of imide groups is 1. The number of carbonyl (C=O) groups excluding carboxylic acids is 3. The Labute approximate surface area is 145 Å². The zero-order chi connectivity index (χ0) is 18.0. The summed E-state index contributed by atoms with van der Waals surface area (Å²) in [5.74, 6) is 0.0117. The molecule has 1 spiro atoms. The molecule has 2 saturated heterocycles. The van der Waals surface area contributed by atoms with Gasteiger partial charge in [-0.25, -0.2) is 4.79 Å². The normalized spacial score (nSPS) is 20.2. The second kappa shape index (κ2) is 6.83. The second-order valence-corrected chi connectivity index (χ2v) is 6.62. The fourth-order valence-corrected chi connectivity index (χ4v) is 3.38. The maximum atomic E-state index is 12.8. The SMILES string of the molecule is CCCN1CCC2(CC1)NC(=O)N(CC(=O)Nc1cc(C)on1)C2=O. The molecule has 0 radical (unpaired) electrons. The van der Waals surface area contributed by atoms with Crippen LogP contribution in [0.5, 0.6) is 0 Å². The Balaban J connectivity index is 1.61. The third-order valence-electron chi connectivity index (χ3n) is 4.69. The van der Waals surface area contributed by atoms with Crippen LogP contribution in [0.1, 0.15) is 31.9 Å². The van der Waals surface area contributed by atoms with Gasteiger partial charge in [-0.1, -0.05) is 12.1 Å². The van der Waals surface area contributed by atoms with Crippen LogP contribution < -0.4 is 10.6 Å². The first-order valence-corrected chi connectivity index (χ1v) is 8.53. The Morgan fingerprint density at radius 2 is 2.12 bits per heavy atom. The van der Waals surface area contributed by atoms with Gasteiger partial charge in [0.1, 0.15) is 17.8 Å². The molecule has 2 N–H and O–H groups in total. The number of hydrogen-bond donors (Lipinski definition) is 2. The monoisotopic (exact) mass is 349 g/mol. The lowest BCUT2D eigenvalue weighted by atomic mass is 9.87. The van der Waals surface area contributed by atoms with Gasteiger partial charge in [0.25, 0.3) is 5.91 Å². The van der Waals surface area contributed by atoms with Crippen LogP contribution in [0.15, 0.2) is 10.6 Å². The first kappa shape index (κ1) is 17.4. The van der Waals surface area contributed by atoms with E-state index in [-0.39, 0.29) is 18.3 Å². The Kier molecular flexibility index (Phi) is 4.76. The average Bonchev–Trinajstić information content (AvgIpc) is 3.07. The molecule has 136 valence electrons. The van der Waals surface area contributed by atoms with Gasteiger partial charge in [-0.2, -0.15) is 0 Å². The Hall–Kier alpha value is -2.42. The summed E-state index contributed by atoms with van der Waals surface area (Å²) in [6, 6.07) is 1.05. The molecule has 9 nitrogen and oxygen atoms in total. The number of carbonyl (C=O) groups is 3. The second-order valence-electron chi connectivity index (χ2n) is 6.62. The van der Waals surface area contributed by atoms with Crippen molar-refractivity contribution in [3.05, 3.63) is 11.8 Å². The molecule has 2 fully saturated rings. The minimum absolute atomic E-state index is 0.261. The van der Waals surface area contributed by atoms with Crippen molar-refractivity contribution in [2.24, 2.45) is 0 Å². The highest BCUT2D eigenvalue weighted by Crippen LogP contribution is 2.29. The molecule has 0 aliphatic carbocycles. The van der Waals surface area contributed by atoms with Gasteiger partial charge in [-0.3, -0.25) is 14.5 Å². The highest BCUT2D eigenvalue weighted by molar-refractivity contribution is 6.10. The number of likely N-dealkylation sites (tertiary alicyclic amines) is 1. The quantitative estimate of drug-likeness (QED) is 0.758. The van der Waals surface area contributed by atoms with Crippen molar-refractivity contribution in [2.45, 2.75) is 38.6 Å². The molecule has 0 atom stereocenters. The summed E-state index contributed by atoms with van der Waals surface area (Å²) in [5.41, 5.74) is -0.869. The van der Waals surface area contributed by atoms with Crippen LogP contribution in [0, 0.1) is 6.92 Å². The molecule has 0 aromatic carbocycles. The number of hydrogen-bond acceptors (Lipinski definition) is 6. The number of anilines is 1. The standard InChI is InChI=1S/C16H23N5O4/c1-3-6-20-7-4-16(5-8-20)14(23)21(15(24)18-16)10-13(22)17-12-9-11(2)25-19-12/h9H,3-8,10H2,1-2H3,(H,18,24)(H,17,19,22). The number of amides is 4. The lowest BCUT2D eigenvalue weighted by Crippen LogP contribution is -2.55. The Bertz CT molecular complexity index is 678. The smallest absolute Gasteiger partial charge is 0.325 e. The van der Waals surface area contributed by atoms with E-state index in [2.05, 4.69) is 27.6 Å². The van der Waals surface area contributed by atoms with E-state index in [9.17, 15) is 14.4 Å². The van der Waals surface area contributed by atoms with Crippen molar-refractivity contribution in [1.82, 2.24) is 20.3 Å². The topological polar surface area (TPSA) is 108 Å². The molecule has 1 aromatic rings. The Morgan fingerprint density at radius 3 is 2.72 bits per heavy atom. The van der Waals surface area contributed by atoms with Crippen molar-refractivity contribution >= 4 is 23.7 Å². The molecular formula is C16H23N5O4. The molecule has 1 aromatic heterocycles. The maximum absolute atomic E-state index is 12.8. The lowest BCUT2D eigenvalue weighted by molar-refractivity contribution is -0.135. The molecule has 0 bridgehead atoms. The fraction of sp³-hybridized carbons (Fsp3) is 0.625. The van der Waals surface area contributed by atoms with Crippen LogP contribution in [-0.2, 0) is 9.59 Å². The number of aromatic nitrogens is 1. The maximum Gasteiger partial charge on any atom is 0.325 e. The largest absolute Gasteiger partial charge is 0.360 e. The van der Waals surface area contributed by atoms with Crippen LogP contribution in [0.4, 0.5) is 10.6 Å². The van der Waals surface area contributed by atoms with Gasteiger partial charge in [0.15, 0.2) is 5.82 Å². The van der Waals surface area contributed by atoms with Crippen molar-refractivity contribution in [3.63, 3.8) is 0 Å². The third kappa shape index (κ3) is 3.51. The zero-order valence-corrected chi connectivity index (χ0v) is 14.5. The van der Waals surface area contributed by atoms with Crippen LogP contribution in [0.25, 0.3) is 0 Å². The van der Waals surface area contributed by atoms with Gasteiger partial charge in [0.05, 0.1) is 0 Å². The van der Waals surface area contributed by atoms with Gasteiger partial charge >= 0.3 is 6.03 Å². The molecular weight excluding hydrogens is 326 g/mol. The highest BCUT2D eigenvalue weighted by atomic mass is 16.5. The van der Waals surface area contributed by atoms with Crippen LogP contribution in [0.2, 0.25) is 0 Å². The number of rotatable bonds is 5. The van der Waals surface area contributed by atoms with Gasteiger partial charge in [0.2, 0.25) is 5.91 Å². The van der Waals surface area contributed by atoms with Crippen LogP contribution in [0.3, 0.4) is 0 Å². The number of nitrogens with zero attached hydrogens (tertiary/aromatic N) is 3. The van der Waals surface area contributed by atoms with Crippen molar-refractivity contribution in [3.8, 4) is 0 Å². The summed E-state index contributed by atoms with van der Waals surface area (Å²) in [6.07, 6.45) is 2.19. The summed E-state index contributed by atoms with van der Waals surface area (Å²) >= 11 is 0. The van der Waals surface area contributed by atoms with Crippen molar-refractivity contribution < 1.29 is 18.9 Å². The van der Waals surface area contributed by atoms with Gasteiger partial charge in [-0.15, -0.1) is 0 Å². The highest BCUT2D eigenvalue weighted by Gasteiger charge is 2.52. The molecule has 4 amide bonds. The predicted octanol–water partition coefficient (Wildman–Crippen LogP) is 0.718. The van der Waals surface area contributed by atoms with E-state index >= 15 is 0 Å². The predicted molar refractivity (Wildman–Crippen MR) is 88.8 cm³/mol. The molecule has 9 heteroatoms. The summed E-state index contributed by atoms with van der Waals surface area (Å²) in [6.45, 7) is 5.99. The number of nitrogens with one attached hydrogen (secondary N) is 2. The van der Waals surface area contributed by atoms with Gasteiger partial charge < -0.3 is 20.1 Å². The summed E-state index contributed by atoms with van der Waals surface area (Å²) < 4.78 is 4.87. The molecule has 2 aliphatic rings. The molecule has 3 heterocycles. The van der Waals surface area contributed by atoms with E-state index in [1.54, 1.807) is 13.0 Å². The summed E-state index contributed by atoms with van der Waals surface area (Å²) in [5, 5.41) is 8.98. The minimum Gasteiger partial charge on any atom is -0.360 e. The van der Waals surface area contributed by atoms with Crippen LogP contribution in [-0.4, -0.2) is 64.5 Å². The Morgan fingerprint density at radius 1 is 1.40 bits per heavy atom. The first-order chi connectivity index (χ1) is 11.9. The zero-order valence-electron chi connectivity index (χ0n) is 14.5. The van der Waals surface area contributed by atoms with E-state index in [1.165, 1.54) is 0 Å².